The van der Waals surface area contributed by atoms with Gasteiger partial charge in [0, 0.05) is 31.9 Å². The number of aryl methyl sites for hydroxylation is 2. The van der Waals surface area contributed by atoms with Gasteiger partial charge in [-0.1, -0.05) is 19.1 Å². The van der Waals surface area contributed by atoms with Gasteiger partial charge in [-0.3, -0.25) is 4.79 Å². The summed E-state index contributed by atoms with van der Waals surface area (Å²) in [5, 5.41) is 12.8. The van der Waals surface area contributed by atoms with E-state index in [1.54, 1.807) is 0 Å². The summed E-state index contributed by atoms with van der Waals surface area (Å²) < 4.78 is 0. The van der Waals surface area contributed by atoms with Gasteiger partial charge in [0.2, 0.25) is 0 Å². The van der Waals surface area contributed by atoms with E-state index < -0.39 is 0 Å². The fourth-order valence-electron chi connectivity index (χ4n) is 2.74. The predicted molar refractivity (Wildman–Crippen MR) is 110 cm³/mol. The summed E-state index contributed by atoms with van der Waals surface area (Å²) in [7, 11) is 3.92. The molecule has 0 aliphatic heterocycles. The van der Waals surface area contributed by atoms with Crippen molar-refractivity contribution in [1.29, 1.82) is 0 Å². The Bertz CT molecular complexity index is 800. The third-order valence-corrected chi connectivity index (χ3v) is 4.24. The zero-order valence-electron chi connectivity index (χ0n) is 16.3. The fraction of sp³-hybridized carbons (Fsp3) is 0.318. The van der Waals surface area contributed by atoms with Crippen LogP contribution in [0.5, 0.6) is 5.75 Å². The van der Waals surface area contributed by atoms with Gasteiger partial charge in [0.25, 0.3) is 5.91 Å². The lowest BCUT2D eigenvalue weighted by atomic mass is 10.0. The third kappa shape index (κ3) is 4.88. The molecule has 0 spiro atoms. The number of amides is 1. The second kappa shape index (κ2) is 8.56. The molecule has 0 aromatic heterocycles. The number of rotatable bonds is 6. The van der Waals surface area contributed by atoms with Crippen molar-refractivity contribution in [2.24, 2.45) is 0 Å². The highest BCUT2D eigenvalue weighted by molar-refractivity contribution is 5.96. The topological polar surface area (TPSA) is 52.6 Å². The van der Waals surface area contributed by atoms with Gasteiger partial charge >= 0.3 is 0 Å². The largest absolute Gasteiger partial charge is 0.507 e. The standard InChI is InChI=1S/C22H28N2O2/c1-6-9-23-22(26)19-12-18(13-20(14-19)24(4)5)8-7-17-10-15(2)21(25)16(3)11-17/h7-8,10-14,25H,6,9H2,1-5H3,(H,23,26). The smallest absolute Gasteiger partial charge is 0.251 e. The Balaban J connectivity index is 2.36. The molecular weight excluding hydrogens is 324 g/mol. The molecule has 0 bridgehead atoms. The molecule has 0 heterocycles. The molecule has 0 fully saturated rings. The number of carbonyl (C=O) groups excluding carboxylic acids is 1. The molecule has 0 aliphatic rings. The van der Waals surface area contributed by atoms with Crippen LogP contribution in [0.4, 0.5) is 5.69 Å². The average molecular weight is 352 g/mol. The summed E-state index contributed by atoms with van der Waals surface area (Å²) in [6, 6.07) is 9.74. The lowest BCUT2D eigenvalue weighted by molar-refractivity contribution is 0.0953. The molecule has 2 rings (SSSR count). The Labute approximate surface area is 156 Å². The van der Waals surface area contributed by atoms with E-state index in [0.29, 0.717) is 17.9 Å². The van der Waals surface area contributed by atoms with Gasteiger partial charge in [-0.15, -0.1) is 0 Å². The minimum absolute atomic E-state index is 0.0541. The number of carbonyl (C=O) groups is 1. The highest BCUT2D eigenvalue weighted by Gasteiger charge is 2.09. The van der Waals surface area contributed by atoms with E-state index in [-0.39, 0.29) is 5.91 Å². The first-order valence-corrected chi connectivity index (χ1v) is 8.90. The molecule has 0 saturated carbocycles. The van der Waals surface area contributed by atoms with Crippen molar-refractivity contribution in [3.63, 3.8) is 0 Å². The van der Waals surface area contributed by atoms with Crippen LogP contribution in [0.1, 0.15) is 46.0 Å². The highest BCUT2D eigenvalue weighted by atomic mass is 16.3. The maximum atomic E-state index is 12.4. The number of benzene rings is 2. The van der Waals surface area contributed by atoms with Gasteiger partial charge in [-0.2, -0.15) is 0 Å². The number of nitrogens with one attached hydrogen (secondary N) is 1. The van der Waals surface area contributed by atoms with Gasteiger partial charge in [-0.25, -0.2) is 0 Å². The normalized spacial score (nSPS) is 11.0. The Morgan fingerprint density at radius 2 is 1.62 bits per heavy atom. The first-order chi connectivity index (χ1) is 12.3. The van der Waals surface area contributed by atoms with E-state index >= 15 is 0 Å². The molecule has 2 aromatic carbocycles. The van der Waals surface area contributed by atoms with Gasteiger partial charge in [0.05, 0.1) is 0 Å². The highest BCUT2D eigenvalue weighted by Crippen LogP contribution is 2.25. The van der Waals surface area contributed by atoms with Gasteiger partial charge < -0.3 is 15.3 Å². The van der Waals surface area contributed by atoms with Crippen LogP contribution in [0.3, 0.4) is 0 Å². The number of nitrogens with zero attached hydrogens (tertiary/aromatic N) is 1. The van der Waals surface area contributed by atoms with Crippen LogP contribution < -0.4 is 10.2 Å². The second-order valence-electron chi connectivity index (χ2n) is 6.80. The molecular formula is C22H28N2O2. The van der Waals surface area contributed by atoms with Gasteiger partial charge in [0.1, 0.15) is 5.75 Å². The van der Waals surface area contributed by atoms with Crippen LogP contribution in [-0.2, 0) is 0 Å². The Morgan fingerprint density at radius 1 is 1.04 bits per heavy atom. The number of hydrogen-bond donors (Lipinski definition) is 2. The van der Waals surface area contributed by atoms with E-state index in [1.807, 2.05) is 82.3 Å². The molecule has 0 radical (unpaired) electrons. The monoisotopic (exact) mass is 352 g/mol. The van der Waals surface area contributed by atoms with Crippen molar-refractivity contribution in [1.82, 2.24) is 5.32 Å². The summed E-state index contributed by atoms with van der Waals surface area (Å²) >= 11 is 0. The van der Waals surface area contributed by atoms with Crippen molar-refractivity contribution >= 4 is 23.7 Å². The molecule has 26 heavy (non-hydrogen) atoms. The van der Waals surface area contributed by atoms with Crippen molar-refractivity contribution in [2.75, 3.05) is 25.5 Å². The van der Waals surface area contributed by atoms with Crippen LogP contribution >= 0.6 is 0 Å². The summed E-state index contributed by atoms with van der Waals surface area (Å²) in [5.74, 6) is 0.285. The van der Waals surface area contributed by atoms with E-state index in [9.17, 15) is 9.90 Å². The van der Waals surface area contributed by atoms with Crippen molar-refractivity contribution in [3.05, 3.63) is 58.1 Å². The molecule has 4 heteroatoms. The number of anilines is 1. The zero-order chi connectivity index (χ0) is 19.3. The first-order valence-electron chi connectivity index (χ1n) is 8.90. The quantitative estimate of drug-likeness (QED) is 0.758. The van der Waals surface area contributed by atoms with Crippen LogP contribution in [0.25, 0.3) is 12.2 Å². The van der Waals surface area contributed by atoms with Crippen molar-refractivity contribution in [2.45, 2.75) is 27.2 Å². The van der Waals surface area contributed by atoms with Crippen LogP contribution in [0.15, 0.2) is 30.3 Å². The lowest BCUT2D eigenvalue weighted by Gasteiger charge is -2.15. The SMILES string of the molecule is CCCNC(=O)c1cc(C=Cc2cc(C)c(O)c(C)c2)cc(N(C)C)c1. The van der Waals surface area contributed by atoms with Crippen molar-refractivity contribution < 1.29 is 9.90 Å². The van der Waals surface area contributed by atoms with Crippen LogP contribution in [-0.4, -0.2) is 31.7 Å². The maximum absolute atomic E-state index is 12.4. The molecule has 0 aliphatic carbocycles. The van der Waals surface area contributed by atoms with E-state index in [1.165, 1.54) is 0 Å². The Hall–Kier alpha value is -2.75. The summed E-state index contributed by atoms with van der Waals surface area (Å²) in [6.07, 6.45) is 4.90. The van der Waals surface area contributed by atoms with Crippen LogP contribution in [0.2, 0.25) is 0 Å². The van der Waals surface area contributed by atoms with Crippen LogP contribution in [0, 0.1) is 13.8 Å². The molecule has 0 unspecified atom stereocenters. The molecule has 4 nitrogen and oxygen atoms in total. The third-order valence-electron chi connectivity index (χ3n) is 4.24. The second-order valence-corrected chi connectivity index (χ2v) is 6.80. The lowest BCUT2D eigenvalue weighted by Crippen LogP contribution is -2.24. The van der Waals surface area contributed by atoms with E-state index in [0.717, 1.165) is 34.4 Å². The van der Waals surface area contributed by atoms with Gasteiger partial charge in [-0.05, 0) is 72.9 Å². The maximum Gasteiger partial charge on any atom is 0.251 e. The predicted octanol–water partition coefficient (Wildman–Crippen LogP) is 4.39. The summed E-state index contributed by atoms with van der Waals surface area (Å²) in [5.41, 5.74) is 5.32. The molecule has 138 valence electrons. The Morgan fingerprint density at radius 3 is 2.15 bits per heavy atom. The summed E-state index contributed by atoms with van der Waals surface area (Å²) in [6.45, 7) is 6.49. The van der Waals surface area contributed by atoms with Crippen molar-refractivity contribution in [3.8, 4) is 5.75 Å². The zero-order valence-corrected chi connectivity index (χ0v) is 16.3. The average Bonchev–Trinajstić information content (AvgIpc) is 2.61. The molecule has 1 amide bonds. The molecule has 0 saturated heterocycles. The molecule has 0 atom stereocenters. The number of phenols is 1. The number of phenolic OH excluding ortho intramolecular Hbond substituents is 1. The number of aromatic hydroxyl groups is 1. The summed E-state index contributed by atoms with van der Waals surface area (Å²) in [4.78, 5) is 14.3. The minimum atomic E-state index is -0.0541. The number of hydrogen-bond acceptors (Lipinski definition) is 3. The van der Waals surface area contributed by atoms with Gasteiger partial charge in [0.15, 0.2) is 0 Å². The van der Waals surface area contributed by atoms with E-state index in [4.69, 9.17) is 0 Å². The fourth-order valence-corrected chi connectivity index (χ4v) is 2.74. The molecule has 2 N–H and O–H groups in total. The minimum Gasteiger partial charge on any atom is -0.507 e. The van der Waals surface area contributed by atoms with E-state index in [2.05, 4.69) is 5.32 Å². The Kier molecular flexibility index (Phi) is 6.45. The molecule has 2 aromatic rings. The first kappa shape index (κ1) is 19.6.